The fourth-order valence-electron chi connectivity index (χ4n) is 1.61. The third kappa shape index (κ3) is 3.14. The lowest BCUT2D eigenvalue weighted by Gasteiger charge is -2.28. The van der Waals surface area contributed by atoms with E-state index in [2.05, 4.69) is 4.74 Å². The first-order valence-corrected chi connectivity index (χ1v) is 5.56. The molecular weight excluding hydrogens is 231 g/mol. The molecule has 0 amide bonds. The van der Waals surface area contributed by atoms with E-state index in [1.54, 1.807) is 20.8 Å². The van der Waals surface area contributed by atoms with Gasteiger partial charge in [-0.1, -0.05) is 0 Å². The van der Waals surface area contributed by atoms with Crippen LogP contribution in [-0.2, 0) is 19.0 Å². The number of rotatable bonds is 4. The van der Waals surface area contributed by atoms with Crippen LogP contribution < -0.4 is 0 Å². The molecule has 5 nitrogen and oxygen atoms in total. The van der Waals surface area contributed by atoms with E-state index in [1.807, 2.05) is 0 Å². The molecule has 0 saturated carbocycles. The average Bonchev–Trinajstić information content (AvgIpc) is 2.58. The van der Waals surface area contributed by atoms with Gasteiger partial charge in [-0.25, -0.2) is 9.18 Å². The van der Waals surface area contributed by atoms with E-state index in [0.717, 1.165) is 6.92 Å². The maximum Gasteiger partial charge on any atom is 0.346 e. The summed E-state index contributed by atoms with van der Waals surface area (Å²) >= 11 is 0. The highest BCUT2D eigenvalue weighted by Crippen LogP contribution is 2.30. The Balaban J connectivity index is 2.69. The van der Waals surface area contributed by atoms with Gasteiger partial charge in [0.2, 0.25) is 5.67 Å². The van der Waals surface area contributed by atoms with E-state index >= 15 is 0 Å². The van der Waals surface area contributed by atoms with E-state index < -0.39 is 29.6 Å². The lowest BCUT2D eigenvalue weighted by molar-refractivity contribution is -0.183. The van der Waals surface area contributed by atoms with Crippen LogP contribution in [0.3, 0.4) is 0 Å². The Morgan fingerprint density at radius 1 is 1.71 bits per heavy atom. The largest absolute Gasteiger partial charge is 0.464 e. The number of aliphatic hydroxyl groups is 1. The van der Waals surface area contributed by atoms with Gasteiger partial charge in [0, 0.05) is 0 Å². The van der Waals surface area contributed by atoms with Crippen molar-refractivity contribution in [1.82, 2.24) is 0 Å². The standard InChI is InChI=1S/C11H19FO5/c1-5-15-9(14)11(4,12)8(13)7-6-16-10(2,3)17-7/h7-8,13H,5-6H2,1-4H3/t7?,8-,11?/m0/s1. The first kappa shape index (κ1) is 14.3. The van der Waals surface area contributed by atoms with Gasteiger partial charge in [0.25, 0.3) is 0 Å². The van der Waals surface area contributed by atoms with Crippen molar-refractivity contribution < 1.29 is 28.5 Å². The molecular formula is C11H19FO5. The van der Waals surface area contributed by atoms with Crippen molar-refractivity contribution in [3.05, 3.63) is 0 Å². The number of hydrogen-bond acceptors (Lipinski definition) is 5. The molecule has 0 radical (unpaired) electrons. The lowest BCUT2D eigenvalue weighted by Crippen LogP contribution is -2.51. The second-order valence-electron chi connectivity index (χ2n) is 4.61. The molecule has 0 spiro atoms. The first-order chi connectivity index (χ1) is 7.70. The van der Waals surface area contributed by atoms with E-state index in [-0.39, 0.29) is 13.2 Å². The van der Waals surface area contributed by atoms with Crippen LogP contribution in [0.2, 0.25) is 0 Å². The molecule has 1 aliphatic rings. The molecule has 1 fully saturated rings. The number of ether oxygens (including phenoxy) is 3. The number of carbonyl (C=O) groups is 1. The van der Waals surface area contributed by atoms with Crippen molar-refractivity contribution in [2.24, 2.45) is 0 Å². The summed E-state index contributed by atoms with van der Waals surface area (Å²) in [6.45, 7) is 5.94. The van der Waals surface area contributed by atoms with Gasteiger partial charge in [-0.2, -0.15) is 0 Å². The van der Waals surface area contributed by atoms with Crippen LogP contribution in [0, 0.1) is 0 Å². The summed E-state index contributed by atoms with van der Waals surface area (Å²) < 4.78 is 29.2. The van der Waals surface area contributed by atoms with Crippen molar-refractivity contribution in [1.29, 1.82) is 0 Å². The zero-order chi connectivity index (χ0) is 13.3. The summed E-state index contributed by atoms with van der Waals surface area (Å²) in [6.07, 6.45) is -2.51. The minimum Gasteiger partial charge on any atom is -0.464 e. The van der Waals surface area contributed by atoms with Crippen LogP contribution >= 0.6 is 0 Å². The molecule has 1 rings (SSSR count). The van der Waals surface area contributed by atoms with Crippen LogP contribution in [0.15, 0.2) is 0 Å². The molecule has 2 unspecified atom stereocenters. The average molecular weight is 250 g/mol. The second-order valence-corrected chi connectivity index (χ2v) is 4.61. The minimum absolute atomic E-state index is 0.0348. The summed E-state index contributed by atoms with van der Waals surface area (Å²) in [7, 11) is 0. The summed E-state index contributed by atoms with van der Waals surface area (Å²) in [6, 6.07) is 0. The molecule has 100 valence electrons. The molecule has 1 saturated heterocycles. The van der Waals surface area contributed by atoms with Crippen LogP contribution in [0.4, 0.5) is 4.39 Å². The lowest BCUT2D eigenvalue weighted by atomic mass is 9.97. The van der Waals surface area contributed by atoms with Gasteiger partial charge in [-0.15, -0.1) is 0 Å². The van der Waals surface area contributed by atoms with Crippen LogP contribution in [0.1, 0.15) is 27.7 Å². The Hall–Kier alpha value is -0.720. The van der Waals surface area contributed by atoms with Crippen LogP contribution in [0.25, 0.3) is 0 Å². The summed E-state index contributed by atoms with van der Waals surface area (Å²) in [5.41, 5.74) is -2.51. The molecule has 1 N–H and O–H groups in total. The van der Waals surface area contributed by atoms with Crippen molar-refractivity contribution >= 4 is 5.97 Å². The predicted octanol–water partition coefficient (Wildman–Crippen LogP) is 0.790. The van der Waals surface area contributed by atoms with Gasteiger partial charge in [0.15, 0.2) is 5.79 Å². The Kier molecular flexibility index (Phi) is 4.11. The third-order valence-electron chi connectivity index (χ3n) is 2.61. The van der Waals surface area contributed by atoms with Crippen LogP contribution in [-0.4, -0.2) is 48.0 Å². The zero-order valence-corrected chi connectivity index (χ0v) is 10.5. The van der Waals surface area contributed by atoms with Crippen molar-refractivity contribution in [2.75, 3.05) is 13.2 Å². The number of alkyl halides is 1. The number of carbonyl (C=O) groups excluding carboxylic acids is 1. The molecule has 17 heavy (non-hydrogen) atoms. The molecule has 0 aromatic carbocycles. The van der Waals surface area contributed by atoms with Gasteiger partial charge in [0.05, 0.1) is 13.2 Å². The smallest absolute Gasteiger partial charge is 0.346 e. The predicted molar refractivity (Wildman–Crippen MR) is 57.1 cm³/mol. The van der Waals surface area contributed by atoms with Gasteiger partial charge >= 0.3 is 5.97 Å². The highest BCUT2D eigenvalue weighted by Gasteiger charge is 2.50. The minimum atomic E-state index is -2.51. The second kappa shape index (κ2) is 4.88. The molecule has 1 aliphatic heterocycles. The first-order valence-electron chi connectivity index (χ1n) is 5.56. The molecule has 1 heterocycles. The third-order valence-corrected chi connectivity index (χ3v) is 2.61. The SMILES string of the molecule is CCOC(=O)C(C)(F)[C@@H](O)C1COC(C)(C)O1. The van der Waals surface area contributed by atoms with Gasteiger partial charge < -0.3 is 19.3 Å². The Bertz CT molecular complexity index is 290. The maximum absolute atomic E-state index is 14.1. The van der Waals surface area contributed by atoms with Gasteiger partial charge in [0.1, 0.15) is 12.2 Å². The van der Waals surface area contributed by atoms with E-state index in [1.165, 1.54) is 0 Å². The Morgan fingerprint density at radius 2 is 2.29 bits per heavy atom. The Morgan fingerprint density at radius 3 is 2.71 bits per heavy atom. The van der Waals surface area contributed by atoms with E-state index in [4.69, 9.17) is 9.47 Å². The molecule has 3 atom stereocenters. The molecule has 0 bridgehead atoms. The van der Waals surface area contributed by atoms with Gasteiger partial charge in [-0.3, -0.25) is 0 Å². The maximum atomic E-state index is 14.1. The Labute approximate surface area is 99.8 Å². The summed E-state index contributed by atoms with van der Waals surface area (Å²) in [4.78, 5) is 11.4. The molecule has 0 aliphatic carbocycles. The van der Waals surface area contributed by atoms with Crippen molar-refractivity contribution in [2.45, 2.75) is 51.4 Å². The quantitative estimate of drug-likeness (QED) is 0.747. The fraction of sp³-hybridized carbons (Fsp3) is 0.909. The van der Waals surface area contributed by atoms with Crippen molar-refractivity contribution in [3.63, 3.8) is 0 Å². The number of esters is 1. The summed E-state index contributed by atoms with van der Waals surface area (Å²) in [5.74, 6) is -1.98. The van der Waals surface area contributed by atoms with Crippen molar-refractivity contribution in [3.8, 4) is 0 Å². The van der Waals surface area contributed by atoms with E-state index in [9.17, 15) is 14.3 Å². The summed E-state index contributed by atoms with van der Waals surface area (Å²) in [5, 5.41) is 9.83. The van der Waals surface area contributed by atoms with Crippen LogP contribution in [0.5, 0.6) is 0 Å². The molecule has 6 heteroatoms. The number of hydrogen-bond donors (Lipinski definition) is 1. The number of aliphatic hydroxyl groups excluding tert-OH is 1. The zero-order valence-electron chi connectivity index (χ0n) is 10.5. The van der Waals surface area contributed by atoms with Gasteiger partial charge in [-0.05, 0) is 27.7 Å². The normalized spacial score (nSPS) is 28.5. The van der Waals surface area contributed by atoms with E-state index in [0.29, 0.717) is 0 Å². The topological polar surface area (TPSA) is 65.0 Å². The monoisotopic (exact) mass is 250 g/mol. The highest BCUT2D eigenvalue weighted by molar-refractivity contribution is 5.79. The fourth-order valence-corrected chi connectivity index (χ4v) is 1.61. The molecule has 0 aromatic rings. The highest BCUT2D eigenvalue weighted by atomic mass is 19.1. The molecule has 0 aromatic heterocycles. The number of halogens is 1.